The van der Waals surface area contributed by atoms with Gasteiger partial charge in [-0.25, -0.2) is 0 Å². The van der Waals surface area contributed by atoms with Crippen LogP contribution >= 0.6 is 0 Å². The normalized spacial score (nSPS) is 13.6. The van der Waals surface area contributed by atoms with Gasteiger partial charge in [-0.15, -0.1) is 0 Å². The molecule has 102 valence electrons. The minimum atomic E-state index is -0.230. The Morgan fingerprint density at radius 1 is 1.06 bits per heavy atom. The van der Waals surface area contributed by atoms with E-state index in [4.69, 9.17) is 0 Å². The SMILES string of the molecule is CC(=O)CCCCCN1C(=O)C=CC1=O.CCC. The zero-order chi connectivity index (χ0) is 14.0. The van der Waals surface area contributed by atoms with Crippen LogP contribution in [-0.2, 0) is 14.4 Å². The molecule has 4 heteroatoms. The summed E-state index contributed by atoms with van der Waals surface area (Å²) in [7, 11) is 0. The molecule has 0 aromatic carbocycles. The number of unbranched alkanes of at least 4 members (excludes halogenated alkanes) is 2. The number of imide groups is 1. The number of hydrogen-bond donors (Lipinski definition) is 0. The lowest BCUT2D eigenvalue weighted by atomic mass is 10.1. The topological polar surface area (TPSA) is 54.5 Å². The zero-order valence-corrected chi connectivity index (χ0v) is 11.6. The average molecular weight is 253 g/mol. The summed E-state index contributed by atoms with van der Waals surface area (Å²) in [4.78, 5) is 34.1. The number of ketones is 1. The number of rotatable bonds is 6. The second-order valence-corrected chi connectivity index (χ2v) is 4.38. The largest absolute Gasteiger partial charge is 0.300 e. The van der Waals surface area contributed by atoms with Gasteiger partial charge >= 0.3 is 0 Å². The lowest BCUT2D eigenvalue weighted by molar-refractivity contribution is -0.136. The summed E-state index contributed by atoms with van der Waals surface area (Å²) in [6.07, 6.45) is 6.89. The molecular formula is C14H23NO3. The Morgan fingerprint density at radius 3 is 2.00 bits per heavy atom. The monoisotopic (exact) mass is 253 g/mol. The highest BCUT2D eigenvalue weighted by molar-refractivity contribution is 6.12. The summed E-state index contributed by atoms with van der Waals surface area (Å²) in [5, 5.41) is 0. The van der Waals surface area contributed by atoms with Crippen LogP contribution in [0.4, 0.5) is 0 Å². The minimum absolute atomic E-state index is 0.185. The molecule has 0 aromatic heterocycles. The van der Waals surface area contributed by atoms with Crippen molar-refractivity contribution in [2.24, 2.45) is 0 Å². The van der Waals surface area contributed by atoms with E-state index in [2.05, 4.69) is 13.8 Å². The minimum Gasteiger partial charge on any atom is -0.300 e. The van der Waals surface area contributed by atoms with Crippen LogP contribution in [0.1, 0.15) is 52.9 Å². The van der Waals surface area contributed by atoms with Crippen LogP contribution in [0.25, 0.3) is 0 Å². The van der Waals surface area contributed by atoms with Gasteiger partial charge in [-0.05, 0) is 19.8 Å². The van der Waals surface area contributed by atoms with Gasteiger partial charge in [-0.1, -0.05) is 26.7 Å². The van der Waals surface area contributed by atoms with E-state index in [1.807, 2.05) is 0 Å². The van der Waals surface area contributed by atoms with Crippen LogP contribution in [0.2, 0.25) is 0 Å². The van der Waals surface area contributed by atoms with Crippen molar-refractivity contribution in [3.63, 3.8) is 0 Å². The van der Waals surface area contributed by atoms with Crippen LogP contribution in [0.3, 0.4) is 0 Å². The lowest BCUT2D eigenvalue weighted by Gasteiger charge is -2.12. The van der Waals surface area contributed by atoms with Crippen molar-refractivity contribution in [3.05, 3.63) is 12.2 Å². The van der Waals surface area contributed by atoms with E-state index in [0.29, 0.717) is 13.0 Å². The first kappa shape index (κ1) is 16.6. The Bertz CT molecular complexity index is 303. The summed E-state index contributed by atoms with van der Waals surface area (Å²) >= 11 is 0. The molecular weight excluding hydrogens is 230 g/mol. The van der Waals surface area contributed by atoms with Crippen LogP contribution in [-0.4, -0.2) is 29.0 Å². The van der Waals surface area contributed by atoms with Gasteiger partial charge in [0.15, 0.2) is 0 Å². The molecule has 0 unspecified atom stereocenters. The smallest absolute Gasteiger partial charge is 0.253 e. The van der Waals surface area contributed by atoms with Crippen LogP contribution < -0.4 is 0 Å². The molecule has 0 aromatic rings. The molecule has 0 fully saturated rings. The molecule has 1 heterocycles. The quantitative estimate of drug-likeness (QED) is 0.540. The van der Waals surface area contributed by atoms with E-state index in [0.717, 1.165) is 19.3 Å². The van der Waals surface area contributed by atoms with Crippen molar-refractivity contribution in [3.8, 4) is 0 Å². The number of nitrogens with zero attached hydrogens (tertiary/aromatic N) is 1. The fourth-order valence-corrected chi connectivity index (χ4v) is 1.47. The Labute approximate surface area is 109 Å². The van der Waals surface area contributed by atoms with Crippen molar-refractivity contribution in [2.75, 3.05) is 6.54 Å². The molecule has 18 heavy (non-hydrogen) atoms. The van der Waals surface area contributed by atoms with Gasteiger partial charge in [0, 0.05) is 25.1 Å². The Kier molecular flexibility index (Phi) is 8.80. The third kappa shape index (κ3) is 6.99. The van der Waals surface area contributed by atoms with Gasteiger partial charge in [0.05, 0.1) is 0 Å². The third-order valence-electron chi connectivity index (χ3n) is 2.31. The second kappa shape index (κ2) is 9.57. The summed E-state index contributed by atoms with van der Waals surface area (Å²) in [6.45, 7) is 6.28. The Hall–Kier alpha value is -1.45. The second-order valence-electron chi connectivity index (χ2n) is 4.38. The fraction of sp³-hybridized carbons (Fsp3) is 0.643. The van der Waals surface area contributed by atoms with Crippen LogP contribution in [0.5, 0.6) is 0 Å². The number of carbonyl (C=O) groups excluding carboxylic acids is 3. The number of hydrogen-bond acceptors (Lipinski definition) is 3. The van der Waals surface area contributed by atoms with Crippen molar-refractivity contribution in [2.45, 2.75) is 52.9 Å². The maximum Gasteiger partial charge on any atom is 0.253 e. The Balaban J connectivity index is 0.000000873. The number of Topliss-reactive ketones (excluding diaryl/α,β-unsaturated/α-hetero) is 1. The molecule has 1 aliphatic heterocycles. The maximum absolute atomic E-state index is 11.1. The maximum atomic E-state index is 11.1. The van der Waals surface area contributed by atoms with E-state index >= 15 is 0 Å². The standard InChI is InChI=1S/C11H15NO3.C3H8/c1-9(13)5-3-2-4-8-12-10(14)6-7-11(12)15;1-3-2/h6-7H,2-5,8H2,1H3;3H2,1-2H3. The van der Waals surface area contributed by atoms with Crippen LogP contribution in [0.15, 0.2) is 12.2 Å². The molecule has 0 saturated heterocycles. The zero-order valence-electron chi connectivity index (χ0n) is 11.6. The third-order valence-corrected chi connectivity index (χ3v) is 2.31. The molecule has 1 aliphatic rings. The average Bonchev–Trinajstić information content (AvgIpc) is 2.60. The molecule has 1 rings (SSSR count). The fourth-order valence-electron chi connectivity index (χ4n) is 1.47. The lowest BCUT2D eigenvalue weighted by Crippen LogP contribution is -2.30. The van der Waals surface area contributed by atoms with Crippen molar-refractivity contribution in [1.82, 2.24) is 4.90 Å². The summed E-state index contributed by atoms with van der Waals surface area (Å²) in [5.41, 5.74) is 0. The van der Waals surface area contributed by atoms with Crippen LogP contribution in [0, 0.1) is 0 Å². The van der Waals surface area contributed by atoms with Gasteiger partial charge in [0.25, 0.3) is 11.8 Å². The molecule has 0 radical (unpaired) electrons. The molecule has 0 bridgehead atoms. The molecule has 2 amide bonds. The van der Waals surface area contributed by atoms with E-state index in [-0.39, 0.29) is 17.6 Å². The first-order chi connectivity index (χ1) is 8.52. The Morgan fingerprint density at radius 2 is 1.56 bits per heavy atom. The first-order valence-electron chi connectivity index (χ1n) is 6.55. The van der Waals surface area contributed by atoms with Gasteiger partial charge in [0.1, 0.15) is 5.78 Å². The van der Waals surface area contributed by atoms with Gasteiger partial charge < -0.3 is 4.79 Å². The van der Waals surface area contributed by atoms with Crippen molar-refractivity contribution in [1.29, 1.82) is 0 Å². The molecule has 0 spiro atoms. The molecule has 0 N–H and O–H groups in total. The summed E-state index contributed by atoms with van der Waals surface area (Å²) in [6, 6.07) is 0. The molecule has 0 atom stereocenters. The van der Waals surface area contributed by atoms with Crippen molar-refractivity contribution >= 4 is 17.6 Å². The van der Waals surface area contributed by atoms with E-state index in [1.54, 1.807) is 6.92 Å². The van der Waals surface area contributed by atoms with E-state index in [9.17, 15) is 14.4 Å². The van der Waals surface area contributed by atoms with Gasteiger partial charge in [0.2, 0.25) is 0 Å². The summed E-state index contributed by atoms with van der Waals surface area (Å²) < 4.78 is 0. The molecule has 0 saturated carbocycles. The predicted octanol–water partition coefficient (Wildman–Crippen LogP) is 2.48. The first-order valence-corrected chi connectivity index (χ1v) is 6.55. The predicted molar refractivity (Wildman–Crippen MR) is 71.0 cm³/mol. The number of carbonyl (C=O) groups is 3. The molecule has 0 aliphatic carbocycles. The van der Waals surface area contributed by atoms with E-state index in [1.165, 1.54) is 23.5 Å². The summed E-state index contributed by atoms with van der Waals surface area (Å²) in [5.74, 6) is -0.275. The molecule has 4 nitrogen and oxygen atoms in total. The highest BCUT2D eigenvalue weighted by Gasteiger charge is 2.21. The van der Waals surface area contributed by atoms with Gasteiger partial charge in [-0.2, -0.15) is 0 Å². The highest BCUT2D eigenvalue weighted by Crippen LogP contribution is 2.07. The number of amides is 2. The van der Waals surface area contributed by atoms with E-state index < -0.39 is 0 Å². The highest BCUT2D eigenvalue weighted by atomic mass is 16.2. The van der Waals surface area contributed by atoms with Crippen molar-refractivity contribution < 1.29 is 14.4 Å². The van der Waals surface area contributed by atoms with Gasteiger partial charge in [-0.3, -0.25) is 14.5 Å².